The van der Waals surface area contributed by atoms with Gasteiger partial charge in [-0.1, -0.05) is 0 Å². The Kier molecular flexibility index (Phi) is 2.26. The molecule has 0 aromatic carbocycles. The molecule has 1 aliphatic heterocycles. The maximum atomic E-state index is 6.09. The van der Waals surface area contributed by atoms with Crippen LogP contribution >= 0.6 is 0 Å². The first kappa shape index (κ1) is 9.01. The van der Waals surface area contributed by atoms with Gasteiger partial charge in [-0.05, 0) is 40.7 Å². The summed E-state index contributed by atoms with van der Waals surface area (Å²) in [5, 5.41) is 0. The topological polar surface area (TPSA) is 29.3 Å². The predicted octanol–water partition coefficient (Wildman–Crippen LogP) is 1.21. The molecular weight excluding hydrogens is 136 g/mol. The normalized spacial score (nSPS) is 47.7. The van der Waals surface area contributed by atoms with E-state index in [0.29, 0.717) is 12.1 Å². The minimum atomic E-state index is 0.0609. The molecule has 2 atom stereocenters. The summed E-state index contributed by atoms with van der Waals surface area (Å²) in [5.41, 5.74) is 6.16. The van der Waals surface area contributed by atoms with Gasteiger partial charge in [0.1, 0.15) is 0 Å². The third-order valence-corrected chi connectivity index (χ3v) is 2.91. The second-order valence-electron chi connectivity index (χ2n) is 4.43. The fourth-order valence-electron chi connectivity index (χ4n) is 2.16. The van der Waals surface area contributed by atoms with Crippen molar-refractivity contribution in [2.45, 2.75) is 51.2 Å². The summed E-state index contributed by atoms with van der Waals surface area (Å²) in [5.74, 6) is 0. The Hall–Kier alpha value is -0.0800. The Morgan fingerprint density at radius 3 is 2.00 bits per heavy atom. The van der Waals surface area contributed by atoms with Gasteiger partial charge in [-0.25, -0.2) is 0 Å². The van der Waals surface area contributed by atoms with Gasteiger partial charge in [0.2, 0.25) is 0 Å². The van der Waals surface area contributed by atoms with Crippen molar-refractivity contribution in [2.75, 3.05) is 7.05 Å². The van der Waals surface area contributed by atoms with Crippen molar-refractivity contribution in [3.8, 4) is 0 Å². The van der Waals surface area contributed by atoms with Crippen LogP contribution in [0.25, 0.3) is 0 Å². The molecule has 0 spiro atoms. The van der Waals surface area contributed by atoms with Crippen LogP contribution in [-0.2, 0) is 0 Å². The van der Waals surface area contributed by atoms with Crippen LogP contribution in [-0.4, -0.2) is 29.6 Å². The van der Waals surface area contributed by atoms with E-state index >= 15 is 0 Å². The van der Waals surface area contributed by atoms with Crippen LogP contribution < -0.4 is 5.73 Å². The van der Waals surface area contributed by atoms with E-state index in [2.05, 4.69) is 32.7 Å². The summed E-state index contributed by atoms with van der Waals surface area (Å²) < 4.78 is 0. The van der Waals surface area contributed by atoms with Gasteiger partial charge in [-0.15, -0.1) is 0 Å². The van der Waals surface area contributed by atoms with Gasteiger partial charge in [-0.2, -0.15) is 0 Å². The third-order valence-electron chi connectivity index (χ3n) is 2.91. The molecule has 1 fully saturated rings. The third kappa shape index (κ3) is 1.94. The monoisotopic (exact) mass is 156 g/mol. The highest BCUT2D eigenvalue weighted by molar-refractivity contribution is 4.93. The standard InChI is InChI=1S/C9H20N2/c1-7-5-9(3,10)6-8(2)11(7)4/h7-8H,5-6,10H2,1-4H3. The molecule has 0 aromatic rings. The lowest BCUT2D eigenvalue weighted by Crippen LogP contribution is -2.54. The van der Waals surface area contributed by atoms with Crippen molar-refractivity contribution < 1.29 is 0 Å². The summed E-state index contributed by atoms with van der Waals surface area (Å²) in [6.07, 6.45) is 2.24. The molecule has 0 radical (unpaired) electrons. The van der Waals surface area contributed by atoms with Crippen LogP contribution in [0.3, 0.4) is 0 Å². The van der Waals surface area contributed by atoms with Crippen molar-refractivity contribution in [3.63, 3.8) is 0 Å². The number of nitrogens with two attached hydrogens (primary N) is 1. The highest BCUT2D eigenvalue weighted by Crippen LogP contribution is 2.27. The molecule has 0 amide bonds. The number of nitrogens with zero attached hydrogens (tertiary/aromatic N) is 1. The SMILES string of the molecule is CC1CC(C)(N)CC(C)N1C. The molecule has 0 bridgehead atoms. The number of piperidine rings is 1. The van der Waals surface area contributed by atoms with E-state index in [1.807, 2.05) is 0 Å². The summed E-state index contributed by atoms with van der Waals surface area (Å²) in [7, 11) is 2.19. The molecule has 11 heavy (non-hydrogen) atoms. The Morgan fingerprint density at radius 1 is 1.27 bits per heavy atom. The Bertz CT molecular complexity index is 128. The van der Waals surface area contributed by atoms with Gasteiger partial charge in [0.25, 0.3) is 0 Å². The summed E-state index contributed by atoms with van der Waals surface area (Å²) in [6.45, 7) is 6.66. The largest absolute Gasteiger partial charge is 0.325 e. The predicted molar refractivity (Wildman–Crippen MR) is 48.5 cm³/mol. The van der Waals surface area contributed by atoms with E-state index in [1.54, 1.807) is 0 Å². The Morgan fingerprint density at radius 2 is 1.64 bits per heavy atom. The fourth-order valence-corrected chi connectivity index (χ4v) is 2.16. The summed E-state index contributed by atoms with van der Waals surface area (Å²) >= 11 is 0. The van der Waals surface area contributed by atoms with E-state index in [9.17, 15) is 0 Å². The minimum absolute atomic E-state index is 0.0609. The average molecular weight is 156 g/mol. The first-order valence-corrected chi connectivity index (χ1v) is 4.43. The van der Waals surface area contributed by atoms with Gasteiger partial charge >= 0.3 is 0 Å². The molecule has 2 N–H and O–H groups in total. The highest BCUT2D eigenvalue weighted by Gasteiger charge is 2.33. The van der Waals surface area contributed by atoms with Crippen molar-refractivity contribution in [1.29, 1.82) is 0 Å². The molecule has 2 unspecified atom stereocenters. The minimum Gasteiger partial charge on any atom is -0.325 e. The second kappa shape index (κ2) is 2.76. The van der Waals surface area contributed by atoms with E-state index in [-0.39, 0.29) is 5.54 Å². The van der Waals surface area contributed by atoms with Gasteiger partial charge in [0, 0.05) is 17.6 Å². The average Bonchev–Trinajstić information content (AvgIpc) is 1.81. The maximum absolute atomic E-state index is 6.09. The van der Waals surface area contributed by atoms with Crippen molar-refractivity contribution in [1.82, 2.24) is 4.90 Å². The lowest BCUT2D eigenvalue weighted by molar-refractivity contribution is 0.0885. The molecule has 1 aliphatic rings. The molecule has 1 heterocycles. The van der Waals surface area contributed by atoms with E-state index < -0.39 is 0 Å². The number of hydrogen-bond acceptors (Lipinski definition) is 2. The molecule has 1 saturated heterocycles. The number of hydrogen-bond donors (Lipinski definition) is 1. The van der Waals surface area contributed by atoms with Crippen LogP contribution in [0.2, 0.25) is 0 Å². The molecule has 0 saturated carbocycles. The zero-order chi connectivity index (χ0) is 8.65. The van der Waals surface area contributed by atoms with Crippen LogP contribution in [0.5, 0.6) is 0 Å². The van der Waals surface area contributed by atoms with Crippen molar-refractivity contribution in [3.05, 3.63) is 0 Å². The first-order valence-electron chi connectivity index (χ1n) is 4.43. The summed E-state index contributed by atoms with van der Waals surface area (Å²) in [6, 6.07) is 1.27. The lowest BCUT2D eigenvalue weighted by Gasteiger charge is -2.44. The molecular formula is C9H20N2. The van der Waals surface area contributed by atoms with E-state index in [4.69, 9.17) is 5.73 Å². The summed E-state index contributed by atoms with van der Waals surface area (Å²) in [4.78, 5) is 2.41. The van der Waals surface area contributed by atoms with E-state index in [1.165, 1.54) is 0 Å². The van der Waals surface area contributed by atoms with E-state index in [0.717, 1.165) is 12.8 Å². The smallest absolute Gasteiger partial charge is 0.0155 e. The van der Waals surface area contributed by atoms with Gasteiger partial charge in [-0.3, -0.25) is 0 Å². The molecule has 2 nitrogen and oxygen atoms in total. The number of likely N-dealkylation sites (tertiary alicyclic amines) is 1. The molecule has 0 aromatic heterocycles. The quantitative estimate of drug-likeness (QED) is 0.571. The maximum Gasteiger partial charge on any atom is 0.0155 e. The van der Waals surface area contributed by atoms with Gasteiger partial charge in [0.15, 0.2) is 0 Å². The van der Waals surface area contributed by atoms with Crippen LogP contribution in [0.4, 0.5) is 0 Å². The fraction of sp³-hybridized carbons (Fsp3) is 1.00. The highest BCUT2D eigenvalue weighted by atomic mass is 15.2. The first-order chi connectivity index (χ1) is 4.92. The molecule has 66 valence electrons. The lowest BCUT2D eigenvalue weighted by atomic mass is 9.83. The second-order valence-corrected chi connectivity index (χ2v) is 4.43. The Balaban J connectivity index is 2.62. The molecule has 0 aliphatic carbocycles. The zero-order valence-corrected chi connectivity index (χ0v) is 8.09. The van der Waals surface area contributed by atoms with Crippen LogP contribution in [0.1, 0.15) is 33.6 Å². The van der Waals surface area contributed by atoms with Gasteiger partial charge < -0.3 is 10.6 Å². The zero-order valence-electron chi connectivity index (χ0n) is 8.09. The molecule has 1 rings (SSSR count). The van der Waals surface area contributed by atoms with Crippen LogP contribution in [0, 0.1) is 0 Å². The molecule has 2 heteroatoms. The van der Waals surface area contributed by atoms with Crippen LogP contribution in [0.15, 0.2) is 0 Å². The van der Waals surface area contributed by atoms with Crippen molar-refractivity contribution in [2.24, 2.45) is 5.73 Å². The van der Waals surface area contributed by atoms with Crippen molar-refractivity contribution >= 4 is 0 Å². The Labute approximate surface area is 69.8 Å². The van der Waals surface area contributed by atoms with Gasteiger partial charge in [0.05, 0.1) is 0 Å². The number of rotatable bonds is 0.